The zero-order valence-electron chi connectivity index (χ0n) is 16.1. The highest BCUT2D eigenvalue weighted by molar-refractivity contribution is 14.1. The van der Waals surface area contributed by atoms with Gasteiger partial charge in [-0.05, 0) is 115 Å². The van der Waals surface area contributed by atoms with Gasteiger partial charge in [0.15, 0.2) is 0 Å². The molecule has 138 valence electrons. The van der Waals surface area contributed by atoms with Crippen LogP contribution >= 0.6 is 22.6 Å². The van der Waals surface area contributed by atoms with Crippen molar-refractivity contribution in [2.75, 3.05) is 0 Å². The van der Waals surface area contributed by atoms with Gasteiger partial charge >= 0.3 is 0 Å². The lowest BCUT2D eigenvalue weighted by Gasteiger charge is -2.56. The zero-order chi connectivity index (χ0) is 18.2. The maximum Gasteiger partial charge on any atom is 0.0577 e. The largest absolute Gasteiger partial charge is 0.393 e. The molecule has 0 radical (unpaired) electrons. The first kappa shape index (κ1) is 19.4. The van der Waals surface area contributed by atoms with E-state index in [1.165, 1.54) is 28.4 Å². The lowest BCUT2D eigenvalue weighted by atomic mass is 9.49. The summed E-state index contributed by atoms with van der Waals surface area (Å²) in [5.74, 6) is 2.40. The van der Waals surface area contributed by atoms with E-state index in [1.807, 2.05) is 0 Å². The molecule has 0 spiro atoms. The van der Waals surface area contributed by atoms with Crippen LogP contribution in [0.1, 0.15) is 58.9 Å². The zero-order valence-corrected chi connectivity index (χ0v) is 18.3. The second-order valence-electron chi connectivity index (χ2n) is 8.82. The predicted molar refractivity (Wildman–Crippen MR) is 115 cm³/mol. The summed E-state index contributed by atoms with van der Waals surface area (Å²) in [6.45, 7) is 9.38. The normalized spacial score (nSPS) is 39.1. The van der Waals surface area contributed by atoms with Crippen molar-refractivity contribution in [3.63, 3.8) is 0 Å². The van der Waals surface area contributed by atoms with Crippen LogP contribution in [0.25, 0.3) is 0 Å². The monoisotopic (exact) mass is 452 g/mol. The molecule has 0 saturated heterocycles. The van der Waals surface area contributed by atoms with Crippen LogP contribution in [0, 0.1) is 32.7 Å². The molecule has 0 aliphatic heterocycles. The fraction of sp³-hybridized carbons (Fsp3) is 0.652. The standard InChI is InChI=1S/C23H33IO/c1-5-15(2)18-8-11-21-20(13-17-6-9-19(24)10-7-17)22(25)12-16(3)23(21,4)14-18/h5-7,9-10,16,18,20-22,25H,8,11-14H2,1-4H3/b15-5-/t16-,18-,20+,21+,22-,23+/m1/s1. The van der Waals surface area contributed by atoms with Gasteiger partial charge in [-0.15, -0.1) is 0 Å². The minimum atomic E-state index is -0.147. The number of benzene rings is 1. The van der Waals surface area contributed by atoms with Gasteiger partial charge < -0.3 is 5.11 Å². The van der Waals surface area contributed by atoms with Gasteiger partial charge in [0, 0.05) is 3.57 Å². The lowest BCUT2D eigenvalue weighted by Crippen LogP contribution is -2.52. The molecule has 2 fully saturated rings. The molecule has 1 aromatic carbocycles. The molecular formula is C23H33IO. The summed E-state index contributed by atoms with van der Waals surface area (Å²) >= 11 is 2.36. The fourth-order valence-electron chi connectivity index (χ4n) is 5.63. The summed E-state index contributed by atoms with van der Waals surface area (Å²) in [6, 6.07) is 8.89. The summed E-state index contributed by atoms with van der Waals surface area (Å²) in [5.41, 5.74) is 3.31. The van der Waals surface area contributed by atoms with Gasteiger partial charge in [-0.3, -0.25) is 0 Å². The summed E-state index contributed by atoms with van der Waals surface area (Å²) in [5, 5.41) is 10.9. The number of fused-ring (bicyclic) bond motifs is 1. The summed E-state index contributed by atoms with van der Waals surface area (Å²) in [7, 11) is 0. The molecule has 2 heteroatoms. The number of aliphatic hydroxyl groups excluding tert-OH is 1. The molecule has 1 aromatic rings. The average molecular weight is 452 g/mol. The first-order chi connectivity index (χ1) is 11.8. The van der Waals surface area contributed by atoms with Crippen molar-refractivity contribution in [3.05, 3.63) is 45.0 Å². The van der Waals surface area contributed by atoms with E-state index in [1.54, 1.807) is 5.57 Å². The fourth-order valence-corrected chi connectivity index (χ4v) is 5.99. The third-order valence-corrected chi connectivity index (χ3v) is 8.29. The van der Waals surface area contributed by atoms with E-state index in [0.717, 1.165) is 18.8 Å². The molecule has 2 saturated carbocycles. The Kier molecular flexibility index (Phi) is 5.99. The predicted octanol–water partition coefficient (Wildman–Crippen LogP) is 6.24. The molecule has 25 heavy (non-hydrogen) atoms. The highest BCUT2D eigenvalue weighted by atomic mass is 127. The Labute approximate surface area is 167 Å². The number of halogens is 1. The lowest BCUT2D eigenvalue weighted by molar-refractivity contribution is -0.105. The quantitative estimate of drug-likeness (QED) is 0.425. The number of hydrogen-bond acceptors (Lipinski definition) is 1. The second-order valence-corrected chi connectivity index (χ2v) is 10.1. The van der Waals surface area contributed by atoms with Crippen LogP contribution in [-0.2, 0) is 6.42 Å². The Balaban J connectivity index is 1.84. The Bertz CT molecular complexity index is 619. The van der Waals surface area contributed by atoms with Crippen LogP contribution in [0.3, 0.4) is 0 Å². The number of rotatable bonds is 3. The highest BCUT2D eigenvalue weighted by Gasteiger charge is 2.52. The molecule has 6 atom stereocenters. The molecule has 0 heterocycles. The summed E-state index contributed by atoms with van der Waals surface area (Å²) in [4.78, 5) is 0. The third kappa shape index (κ3) is 3.85. The molecule has 2 aliphatic carbocycles. The van der Waals surface area contributed by atoms with E-state index < -0.39 is 0 Å². The first-order valence-electron chi connectivity index (χ1n) is 9.90. The molecule has 0 amide bonds. The van der Waals surface area contributed by atoms with E-state index in [2.05, 4.69) is 80.6 Å². The Morgan fingerprint density at radius 1 is 1.28 bits per heavy atom. The Morgan fingerprint density at radius 2 is 1.96 bits per heavy atom. The Hall–Kier alpha value is -0.350. The maximum absolute atomic E-state index is 10.9. The van der Waals surface area contributed by atoms with Crippen LogP contribution in [0.4, 0.5) is 0 Å². The van der Waals surface area contributed by atoms with Crippen molar-refractivity contribution in [1.29, 1.82) is 0 Å². The number of aliphatic hydroxyl groups is 1. The van der Waals surface area contributed by atoms with Gasteiger partial charge in [0.25, 0.3) is 0 Å². The highest BCUT2D eigenvalue weighted by Crippen LogP contribution is 2.58. The van der Waals surface area contributed by atoms with Gasteiger partial charge in [-0.25, -0.2) is 0 Å². The Morgan fingerprint density at radius 3 is 2.60 bits per heavy atom. The third-order valence-electron chi connectivity index (χ3n) is 7.58. The van der Waals surface area contributed by atoms with Crippen LogP contribution in [0.2, 0.25) is 0 Å². The SMILES string of the molecule is C/C=C(/C)[C@@H]1CC[C@H]2[C@H](Cc3ccc(I)cc3)[C@H](O)C[C@@H](C)[C@]2(C)C1. The molecule has 3 rings (SSSR count). The van der Waals surface area contributed by atoms with Crippen molar-refractivity contribution in [3.8, 4) is 0 Å². The molecule has 1 nitrogen and oxygen atoms in total. The van der Waals surface area contributed by atoms with Crippen LogP contribution < -0.4 is 0 Å². The van der Waals surface area contributed by atoms with Gasteiger partial charge in [0.1, 0.15) is 0 Å². The first-order valence-corrected chi connectivity index (χ1v) is 11.0. The van der Waals surface area contributed by atoms with Gasteiger partial charge in [0.2, 0.25) is 0 Å². The van der Waals surface area contributed by atoms with Crippen molar-refractivity contribution in [2.24, 2.45) is 29.1 Å². The summed E-state index contributed by atoms with van der Waals surface area (Å²) in [6.07, 6.45) is 8.00. The van der Waals surface area contributed by atoms with Crippen molar-refractivity contribution in [2.45, 2.75) is 65.9 Å². The van der Waals surface area contributed by atoms with E-state index in [0.29, 0.717) is 23.2 Å². The topological polar surface area (TPSA) is 20.2 Å². The van der Waals surface area contributed by atoms with E-state index in [4.69, 9.17) is 0 Å². The molecule has 1 N–H and O–H groups in total. The molecule has 2 aliphatic rings. The van der Waals surface area contributed by atoms with Crippen LogP contribution in [0.5, 0.6) is 0 Å². The molecular weight excluding hydrogens is 419 g/mol. The van der Waals surface area contributed by atoms with Gasteiger partial charge in [-0.2, -0.15) is 0 Å². The van der Waals surface area contributed by atoms with Crippen molar-refractivity contribution < 1.29 is 5.11 Å². The molecule has 0 bridgehead atoms. The molecule has 0 aromatic heterocycles. The maximum atomic E-state index is 10.9. The minimum Gasteiger partial charge on any atom is -0.393 e. The van der Waals surface area contributed by atoms with Crippen molar-refractivity contribution in [1.82, 2.24) is 0 Å². The molecule has 0 unspecified atom stereocenters. The van der Waals surface area contributed by atoms with Gasteiger partial charge in [0.05, 0.1) is 6.10 Å². The van der Waals surface area contributed by atoms with Gasteiger partial charge in [-0.1, -0.05) is 37.6 Å². The number of hydrogen-bond donors (Lipinski definition) is 1. The second kappa shape index (κ2) is 7.72. The van der Waals surface area contributed by atoms with E-state index in [-0.39, 0.29) is 6.10 Å². The van der Waals surface area contributed by atoms with E-state index >= 15 is 0 Å². The van der Waals surface area contributed by atoms with E-state index in [9.17, 15) is 5.11 Å². The minimum absolute atomic E-state index is 0.147. The smallest absolute Gasteiger partial charge is 0.0577 e. The average Bonchev–Trinajstić information content (AvgIpc) is 2.59. The van der Waals surface area contributed by atoms with Crippen LogP contribution in [-0.4, -0.2) is 11.2 Å². The van der Waals surface area contributed by atoms with Crippen LogP contribution in [0.15, 0.2) is 35.9 Å². The number of allylic oxidation sites excluding steroid dienone is 2. The summed E-state index contributed by atoms with van der Waals surface area (Å²) < 4.78 is 1.28. The van der Waals surface area contributed by atoms with Crippen molar-refractivity contribution >= 4 is 22.6 Å².